The second-order valence-corrected chi connectivity index (χ2v) is 4.70. The summed E-state index contributed by atoms with van der Waals surface area (Å²) < 4.78 is 11.5. The summed E-state index contributed by atoms with van der Waals surface area (Å²) in [5.74, 6) is 0.0767. The molecule has 1 fully saturated rings. The third-order valence-corrected chi connectivity index (χ3v) is 3.19. The average Bonchev–Trinajstić information content (AvgIpc) is 2.54. The summed E-state index contributed by atoms with van der Waals surface area (Å²) in [4.78, 5) is 15.3. The van der Waals surface area contributed by atoms with Crippen LogP contribution in [0.25, 0.3) is 0 Å². The van der Waals surface area contributed by atoms with Crippen molar-refractivity contribution in [1.82, 2.24) is 9.55 Å². The molecular weight excluding hydrogens is 254 g/mol. The molecular formula is C11H17N3O5. The Kier molecular flexibility index (Phi) is 3.59. The number of hydrogen-bond donors (Lipinski definition) is 3. The van der Waals surface area contributed by atoms with Crippen LogP contribution in [-0.2, 0) is 9.47 Å². The number of ether oxygens (including phenoxy) is 2. The fourth-order valence-electron chi connectivity index (χ4n) is 2.15. The van der Waals surface area contributed by atoms with E-state index in [0.717, 1.165) is 4.57 Å². The standard InChI is InChI=1S/C11H17N3O5/c1-11(17)8(15)6(5-18-2)19-9(11)14-4-3-7(12)13-10(14)16/h3-4,6,8-9,15,17H,5H2,1-2H3,(H2,12,13,16)/t6-,8-,9-,11-/m1/s1. The Morgan fingerprint density at radius 2 is 2.37 bits per heavy atom. The zero-order valence-electron chi connectivity index (χ0n) is 10.7. The molecule has 1 aromatic rings. The van der Waals surface area contributed by atoms with Crippen LogP contribution in [0.2, 0.25) is 0 Å². The minimum Gasteiger partial charge on any atom is -0.387 e. The van der Waals surface area contributed by atoms with E-state index in [2.05, 4.69) is 4.98 Å². The highest BCUT2D eigenvalue weighted by molar-refractivity contribution is 5.23. The molecule has 0 aliphatic carbocycles. The van der Waals surface area contributed by atoms with Gasteiger partial charge in [-0.1, -0.05) is 0 Å². The lowest BCUT2D eigenvalue weighted by atomic mass is 9.96. The van der Waals surface area contributed by atoms with E-state index in [1.807, 2.05) is 0 Å². The maximum absolute atomic E-state index is 11.8. The minimum atomic E-state index is -1.63. The molecule has 4 N–H and O–H groups in total. The maximum atomic E-state index is 11.8. The molecule has 0 aromatic carbocycles. The minimum absolute atomic E-state index is 0.0767. The number of methoxy groups -OCH3 is 1. The largest absolute Gasteiger partial charge is 0.387 e. The fraction of sp³-hybridized carbons (Fsp3) is 0.636. The van der Waals surface area contributed by atoms with Crippen LogP contribution in [0.1, 0.15) is 13.2 Å². The molecule has 1 aliphatic heterocycles. The predicted octanol–water partition coefficient (Wildman–Crippen LogP) is -1.52. The zero-order chi connectivity index (χ0) is 14.2. The van der Waals surface area contributed by atoms with E-state index in [-0.39, 0.29) is 12.4 Å². The van der Waals surface area contributed by atoms with Gasteiger partial charge >= 0.3 is 5.69 Å². The molecule has 106 valence electrons. The van der Waals surface area contributed by atoms with Crippen LogP contribution in [0.4, 0.5) is 5.82 Å². The molecule has 0 saturated carbocycles. The molecule has 1 saturated heterocycles. The highest BCUT2D eigenvalue weighted by atomic mass is 16.6. The Morgan fingerprint density at radius 1 is 1.68 bits per heavy atom. The van der Waals surface area contributed by atoms with E-state index >= 15 is 0 Å². The molecule has 2 rings (SSSR count). The lowest BCUT2D eigenvalue weighted by molar-refractivity contribution is -0.0992. The van der Waals surface area contributed by atoms with Gasteiger partial charge < -0.3 is 25.4 Å². The molecule has 2 heterocycles. The Bertz CT molecular complexity index is 515. The van der Waals surface area contributed by atoms with Gasteiger partial charge in [0.05, 0.1) is 6.61 Å². The number of nitrogens with two attached hydrogens (primary N) is 1. The number of nitrogen functional groups attached to an aromatic ring is 1. The molecule has 0 spiro atoms. The van der Waals surface area contributed by atoms with Crippen molar-refractivity contribution < 1.29 is 19.7 Å². The van der Waals surface area contributed by atoms with Crippen LogP contribution in [0.15, 0.2) is 17.1 Å². The van der Waals surface area contributed by atoms with E-state index in [1.54, 1.807) is 0 Å². The first-order chi connectivity index (χ1) is 8.87. The van der Waals surface area contributed by atoms with E-state index in [1.165, 1.54) is 26.3 Å². The molecule has 1 aromatic heterocycles. The predicted molar refractivity (Wildman–Crippen MR) is 65.3 cm³/mol. The summed E-state index contributed by atoms with van der Waals surface area (Å²) in [6, 6.07) is 1.41. The number of hydrogen-bond acceptors (Lipinski definition) is 7. The van der Waals surface area contributed by atoms with Gasteiger partial charge in [0, 0.05) is 13.3 Å². The molecule has 8 heteroatoms. The Morgan fingerprint density at radius 3 is 2.95 bits per heavy atom. The summed E-state index contributed by atoms with van der Waals surface area (Å²) >= 11 is 0. The van der Waals surface area contributed by atoms with Crippen LogP contribution in [0.3, 0.4) is 0 Å². The molecule has 8 nitrogen and oxygen atoms in total. The van der Waals surface area contributed by atoms with Crippen molar-refractivity contribution in [3.05, 3.63) is 22.7 Å². The van der Waals surface area contributed by atoms with Gasteiger partial charge in [0.25, 0.3) is 0 Å². The van der Waals surface area contributed by atoms with Crippen molar-refractivity contribution in [2.75, 3.05) is 19.5 Å². The molecule has 0 unspecified atom stereocenters. The molecule has 1 aliphatic rings. The molecule has 4 atom stereocenters. The summed E-state index contributed by atoms with van der Waals surface area (Å²) in [5.41, 5.74) is 3.11. The quantitative estimate of drug-likeness (QED) is 0.610. The van der Waals surface area contributed by atoms with Gasteiger partial charge in [0.15, 0.2) is 6.23 Å². The summed E-state index contributed by atoms with van der Waals surface area (Å²) in [6.07, 6.45) is -1.59. The number of aliphatic hydroxyl groups is 2. The Labute approximate surface area is 109 Å². The monoisotopic (exact) mass is 271 g/mol. The zero-order valence-corrected chi connectivity index (χ0v) is 10.7. The molecule has 0 amide bonds. The third kappa shape index (κ3) is 2.35. The smallest absolute Gasteiger partial charge is 0.351 e. The van der Waals surface area contributed by atoms with Crippen LogP contribution in [0.5, 0.6) is 0 Å². The summed E-state index contributed by atoms with van der Waals surface area (Å²) in [5, 5.41) is 20.3. The first kappa shape index (κ1) is 13.9. The highest BCUT2D eigenvalue weighted by Crippen LogP contribution is 2.37. The third-order valence-electron chi connectivity index (χ3n) is 3.19. The van der Waals surface area contributed by atoms with E-state index in [9.17, 15) is 15.0 Å². The normalized spacial score (nSPS) is 34.6. The van der Waals surface area contributed by atoms with Gasteiger partial charge in [-0.15, -0.1) is 0 Å². The number of aromatic nitrogens is 2. The second kappa shape index (κ2) is 4.89. The van der Waals surface area contributed by atoms with Gasteiger partial charge in [-0.05, 0) is 13.0 Å². The highest BCUT2D eigenvalue weighted by Gasteiger charge is 2.53. The van der Waals surface area contributed by atoms with E-state index in [0.29, 0.717) is 0 Å². The summed E-state index contributed by atoms with van der Waals surface area (Å²) in [7, 11) is 1.45. The van der Waals surface area contributed by atoms with Gasteiger partial charge in [-0.25, -0.2) is 4.79 Å². The lowest BCUT2D eigenvalue weighted by Gasteiger charge is -2.27. The van der Waals surface area contributed by atoms with Crippen molar-refractivity contribution in [2.45, 2.75) is 31.0 Å². The fourth-order valence-corrected chi connectivity index (χ4v) is 2.15. The molecule has 19 heavy (non-hydrogen) atoms. The number of nitrogens with zero attached hydrogens (tertiary/aromatic N) is 2. The first-order valence-corrected chi connectivity index (χ1v) is 5.77. The second-order valence-electron chi connectivity index (χ2n) is 4.70. The average molecular weight is 271 g/mol. The van der Waals surface area contributed by atoms with E-state index < -0.39 is 29.7 Å². The number of rotatable bonds is 3. The lowest BCUT2D eigenvalue weighted by Crippen LogP contribution is -2.46. The van der Waals surface area contributed by atoms with Crippen molar-refractivity contribution >= 4 is 5.82 Å². The molecule has 0 bridgehead atoms. The Hall–Kier alpha value is -1.48. The van der Waals surface area contributed by atoms with Crippen LogP contribution in [0, 0.1) is 0 Å². The van der Waals surface area contributed by atoms with Crippen molar-refractivity contribution in [3.63, 3.8) is 0 Å². The van der Waals surface area contributed by atoms with Gasteiger partial charge in [0.1, 0.15) is 23.6 Å². The van der Waals surface area contributed by atoms with E-state index in [4.69, 9.17) is 15.2 Å². The van der Waals surface area contributed by atoms with Crippen molar-refractivity contribution in [1.29, 1.82) is 0 Å². The van der Waals surface area contributed by atoms with Gasteiger partial charge in [0.2, 0.25) is 0 Å². The van der Waals surface area contributed by atoms with Crippen molar-refractivity contribution in [3.8, 4) is 0 Å². The van der Waals surface area contributed by atoms with Crippen molar-refractivity contribution in [2.24, 2.45) is 0 Å². The number of aliphatic hydroxyl groups excluding tert-OH is 1. The van der Waals surface area contributed by atoms with Gasteiger partial charge in [-0.3, -0.25) is 4.57 Å². The molecule has 0 radical (unpaired) electrons. The van der Waals surface area contributed by atoms with Crippen LogP contribution < -0.4 is 11.4 Å². The first-order valence-electron chi connectivity index (χ1n) is 5.77. The van der Waals surface area contributed by atoms with Gasteiger partial charge in [-0.2, -0.15) is 4.98 Å². The summed E-state index contributed by atoms with van der Waals surface area (Å²) in [6.45, 7) is 1.49. The Balaban J connectivity index is 2.36. The topological polar surface area (TPSA) is 120 Å². The van der Waals surface area contributed by atoms with Crippen LogP contribution >= 0.6 is 0 Å². The van der Waals surface area contributed by atoms with Crippen LogP contribution in [-0.4, -0.2) is 51.3 Å². The maximum Gasteiger partial charge on any atom is 0.351 e. The SMILES string of the molecule is COC[C@H]1O[C@@H](n2ccc(N)nc2=O)[C@](C)(O)[C@@H]1O. The number of anilines is 1.